The first kappa shape index (κ1) is 12.0. The van der Waals surface area contributed by atoms with Crippen molar-refractivity contribution in [2.75, 3.05) is 19.6 Å². The minimum absolute atomic E-state index is 0.860. The predicted molar refractivity (Wildman–Crippen MR) is 62.4 cm³/mol. The molecule has 1 fully saturated rings. The molecular formula is C12H26N2. The Balaban J connectivity index is 2.02. The highest BCUT2D eigenvalue weighted by Gasteiger charge is 2.27. The lowest BCUT2D eigenvalue weighted by atomic mass is 10.2. The predicted octanol–water partition coefficient (Wildman–Crippen LogP) is 2.38. The number of rotatable bonds is 9. The molecule has 1 rings (SSSR count). The fourth-order valence-corrected chi connectivity index (χ4v) is 1.91. The van der Waals surface area contributed by atoms with E-state index in [4.69, 9.17) is 5.73 Å². The average Bonchev–Trinajstić information content (AvgIpc) is 3.00. The zero-order valence-electron chi connectivity index (χ0n) is 9.67. The number of nitrogens with zero attached hydrogens (tertiary/aromatic N) is 1. The van der Waals surface area contributed by atoms with Gasteiger partial charge in [0.15, 0.2) is 0 Å². The lowest BCUT2D eigenvalue weighted by molar-refractivity contribution is 0.253. The Hall–Kier alpha value is -0.0800. The molecule has 1 aliphatic rings. The lowest BCUT2D eigenvalue weighted by Gasteiger charge is -2.21. The Bertz CT molecular complexity index is 132. The Labute approximate surface area is 88.8 Å². The molecule has 2 nitrogen and oxygen atoms in total. The van der Waals surface area contributed by atoms with Gasteiger partial charge in [0.05, 0.1) is 0 Å². The Morgan fingerprint density at radius 3 is 2.36 bits per heavy atom. The molecule has 14 heavy (non-hydrogen) atoms. The highest BCUT2D eigenvalue weighted by atomic mass is 15.2. The molecule has 0 heterocycles. The second kappa shape index (κ2) is 7.24. The fourth-order valence-electron chi connectivity index (χ4n) is 1.91. The van der Waals surface area contributed by atoms with Crippen LogP contribution >= 0.6 is 0 Å². The van der Waals surface area contributed by atoms with Gasteiger partial charge in [-0.2, -0.15) is 0 Å². The van der Waals surface area contributed by atoms with Crippen LogP contribution in [0.5, 0.6) is 0 Å². The molecule has 0 aliphatic heterocycles. The summed E-state index contributed by atoms with van der Waals surface area (Å²) in [5.41, 5.74) is 5.48. The van der Waals surface area contributed by atoms with Crippen LogP contribution in [0.2, 0.25) is 0 Å². The SMILES string of the molecule is CCCCN(CCCCCN)C1CC1. The smallest absolute Gasteiger partial charge is 0.00964 e. The normalized spacial score (nSPS) is 16.5. The summed E-state index contributed by atoms with van der Waals surface area (Å²) in [5.74, 6) is 0. The van der Waals surface area contributed by atoms with Crippen LogP contribution in [-0.4, -0.2) is 30.6 Å². The van der Waals surface area contributed by atoms with Crippen molar-refractivity contribution in [3.8, 4) is 0 Å². The van der Waals surface area contributed by atoms with Crippen molar-refractivity contribution in [1.29, 1.82) is 0 Å². The van der Waals surface area contributed by atoms with Crippen LogP contribution in [0.1, 0.15) is 51.9 Å². The quantitative estimate of drug-likeness (QED) is 0.576. The van der Waals surface area contributed by atoms with E-state index in [1.165, 1.54) is 58.0 Å². The standard InChI is InChI=1S/C12H26N2/c1-2-3-10-14(12-7-8-12)11-6-4-5-9-13/h12H,2-11,13H2,1H3. The monoisotopic (exact) mass is 198 g/mol. The van der Waals surface area contributed by atoms with Crippen molar-refractivity contribution in [2.45, 2.75) is 57.9 Å². The maximum Gasteiger partial charge on any atom is 0.00964 e. The van der Waals surface area contributed by atoms with Gasteiger partial charge in [-0.1, -0.05) is 19.8 Å². The van der Waals surface area contributed by atoms with Gasteiger partial charge in [0, 0.05) is 6.04 Å². The van der Waals surface area contributed by atoms with E-state index in [-0.39, 0.29) is 0 Å². The van der Waals surface area contributed by atoms with Crippen molar-refractivity contribution in [3.63, 3.8) is 0 Å². The van der Waals surface area contributed by atoms with Crippen LogP contribution in [0.4, 0.5) is 0 Å². The van der Waals surface area contributed by atoms with E-state index in [1.54, 1.807) is 0 Å². The van der Waals surface area contributed by atoms with E-state index < -0.39 is 0 Å². The summed E-state index contributed by atoms with van der Waals surface area (Å²) < 4.78 is 0. The van der Waals surface area contributed by atoms with Gasteiger partial charge in [0.25, 0.3) is 0 Å². The number of hydrogen-bond acceptors (Lipinski definition) is 2. The summed E-state index contributed by atoms with van der Waals surface area (Å²) in [4.78, 5) is 2.69. The van der Waals surface area contributed by atoms with E-state index >= 15 is 0 Å². The Morgan fingerprint density at radius 2 is 1.79 bits per heavy atom. The Morgan fingerprint density at radius 1 is 1.07 bits per heavy atom. The van der Waals surface area contributed by atoms with Gasteiger partial charge in [-0.15, -0.1) is 0 Å². The number of hydrogen-bond donors (Lipinski definition) is 1. The molecule has 0 aromatic rings. The number of unbranched alkanes of at least 4 members (excludes halogenated alkanes) is 3. The van der Waals surface area contributed by atoms with Gasteiger partial charge in [0.2, 0.25) is 0 Å². The van der Waals surface area contributed by atoms with Crippen LogP contribution in [0.25, 0.3) is 0 Å². The molecule has 0 saturated heterocycles. The average molecular weight is 198 g/mol. The topological polar surface area (TPSA) is 29.3 Å². The number of nitrogens with two attached hydrogens (primary N) is 1. The minimum atomic E-state index is 0.860. The summed E-state index contributed by atoms with van der Waals surface area (Å²) in [6.45, 7) is 5.77. The maximum absolute atomic E-state index is 5.48. The van der Waals surface area contributed by atoms with Crippen molar-refractivity contribution < 1.29 is 0 Å². The van der Waals surface area contributed by atoms with E-state index in [1.807, 2.05) is 0 Å². The Kier molecular flexibility index (Phi) is 6.20. The highest BCUT2D eigenvalue weighted by Crippen LogP contribution is 2.27. The third kappa shape index (κ3) is 4.97. The van der Waals surface area contributed by atoms with Crippen LogP contribution in [0.15, 0.2) is 0 Å². The third-order valence-corrected chi connectivity index (χ3v) is 3.01. The molecule has 2 N–H and O–H groups in total. The largest absolute Gasteiger partial charge is 0.330 e. The first-order valence-corrected chi connectivity index (χ1v) is 6.32. The lowest BCUT2D eigenvalue weighted by Crippen LogP contribution is -2.28. The van der Waals surface area contributed by atoms with Crippen LogP contribution < -0.4 is 5.73 Å². The van der Waals surface area contributed by atoms with Crippen molar-refractivity contribution in [2.24, 2.45) is 5.73 Å². The van der Waals surface area contributed by atoms with Gasteiger partial charge in [0.1, 0.15) is 0 Å². The van der Waals surface area contributed by atoms with Gasteiger partial charge >= 0.3 is 0 Å². The molecule has 0 aromatic carbocycles. The van der Waals surface area contributed by atoms with Gasteiger partial charge in [-0.25, -0.2) is 0 Å². The van der Waals surface area contributed by atoms with Crippen molar-refractivity contribution in [1.82, 2.24) is 4.90 Å². The summed E-state index contributed by atoms with van der Waals surface area (Å²) in [7, 11) is 0. The van der Waals surface area contributed by atoms with Gasteiger partial charge in [-0.05, 0) is 51.7 Å². The van der Waals surface area contributed by atoms with Crippen molar-refractivity contribution >= 4 is 0 Å². The molecule has 1 aliphatic carbocycles. The van der Waals surface area contributed by atoms with Crippen LogP contribution in [0, 0.1) is 0 Å². The zero-order valence-corrected chi connectivity index (χ0v) is 9.67. The second-order valence-electron chi connectivity index (χ2n) is 4.47. The summed E-state index contributed by atoms with van der Waals surface area (Å²) in [6, 6.07) is 0.944. The fraction of sp³-hybridized carbons (Fsp3) is 1.00. The highest BCUT2D eigenvalue weighted by molar-refractivity contribution is 4.84. The molecule has 2 heteroatoms. The van der Waals surface area contributed by atoms with Gasteiger partial charge < -0.3 is 10.6 Å². The molecule has 0 aromatic heterocycles. The third-order valence-electron chi connectivity index (χ3n) is 3.01. The molecule has 0 amide bonds. The summed E-state index contributed by atoms with van der Waals surface area (Å²) in [6.07, 6.45) is 9.44. The van der Waals surface area contributed by atoms with Crippen LogP contribution in [-0.2, 0) is 0 Å². The molecule has 84 valence electrons. The first-order valence-electron chi connectivity index (χ1n) is 6.32. The molecule has 0 atom stereocenters. The molecule has 1 saturated carbocycles. The van der Waals surface area contributed by atoms with Crippen LogP contribution in [0.3, 0.4) is 0 Å². The van der Waals surface area contributed by atoms with E-state index in [2.05, 4.69) is 11.8 Å². The molecule has 0 radical (unpaired) electrons. The zero-order chi connectivity index (χ0) is 10.2. The van der Waals surface area contributed by atoms with Gasteiger partial charge in [-0.3, -0.25) is 0 Å². The molecular weight excluding hydrogens is 172 g/mol. The van der Waals surface area contributed by atoms with E-state index in [9.17, 15) is 0 Å². The van der Waals surface area contributed by atoms with E-state index in [0.29, 0.717) is 0 Å². The molecule has 0 unspecified atom stereocenters. The maximum atomic E-state index is 5.48. The summed E-state index contributed by atoms with van der Waals surface area (Å²) in [5, 5.41) is 0. The van der Waals surface area contributed by atoms with Crippen molar-refractivity contribution in [3.05, 3.63) is 0 Å². The first-order chi connectivity index (χ1) is 6.88. The molecule has 0 bridgehead atoms. The second-order valence-corrected chi connectivity index (χ2v) is 4.47. The van der Waals surface area contributed by atoms with E-state index in [0.717, 1.165) is 12.6 Å². The minimum Gasteiger partial charge on any atom is -0.330 e. The molecule has 0 spiro atoms. The summed E-state index contributed by atoms with van der Waals surface area (Å²) >= 11 is 0.